The van der Waals surface area contributed by atoms with Crippen molar-refractivity contribution in [1.82, 2.24) is 0 Å². The average molecular weight is 441 g/mol. The predicted molar refractivity (Wildman–Crippen MR) is 115 cm³/mol. The Morgan fingerprint density at radius 3 is 2.13 bits per heavy atom. The number of hydrogen-bond donors (Lipinski definition) is 1. The van der Waals surface area contributed by atoms with Gasteiger partial charge in [-0.1, -0.05) is 0 Å². The highest BCUT2D eigenvalue weighted by Gasteiger charge is 2.17. The molecule has 160 valence electrons. The minimum atomic E-state index is -3.63. The van der Waals surface area contributed by atoms with E-state index in [1.54, 1.807) is 30.3 Å². The summed E-state index contributed by atoms with van der Waals surface area (Å²) in [5, 5.41) is 37.6. The molecule has 1 N–H and O–H groups in total. The molecule has 0 aliphatic heterocycles. The molecule has 2 aromatic carbocycles. The quantitative estimate of drug-likeness (QED) is 0.367. The molecule has 0 saturated heterocycles. The van der Waals surface area contributed by atoms with Gasteiger partial charge in [-0.25, -0.2) is 8.42 Å². The van der Waals surface area contributed by atoms with Gasteiger partial charge in [0.25, 0.3) is 5.69 Å². The Balaban J connectivity index is 2.61. The Labute approximate surface area is 179 Å². The first-order valence-electron chi connectivity index (χ1n) is 9.04. The van der Waals surface area contributed by atoms with E-state index in [0.29, 0.717) is 13.1 Å². The second-order valence-corrected chi connectivity index (χ2v) is 8.07. The van der Waals surface area contributed by atoms with Gasteiger partial charge >= 0.3 is 0 Å². The first kappa shape index (κ1) is 23.3. The summed E-state index contributed by atoms with van der Waals surface area (Å²) in [6.07, 6.45) is 0.996. The molecule has 0 amide bonds. The van der Waals surface area contributed by atoms with Crippen LogP contribution in [0.5, 0.6) is 0 Å². The van der Waals surface area contributed by atoms with Gasteiger partial charge in [-0.3, -0.25) is 14.8 Å². The number of benzene rings is 2. The summed E-state index contributed by atoms with van der Waals surface area (Å²) in [7, 11) is -3.63. The van der Waals surface area contributed by atoms with Crippen LogP contribution in [-0.4, -0.2) is 32.7 Å². The monoisotopic (exact) mass is 441 g/mol. The number of azo groups is 1. The molecule has 0 spiro atoms. The number of sulfonamides is 1. The zero-order chi connectivity index (χ0) is 23.2. The zero-order valence-electron chi connectivity index (χ0n) is 17.0. The molecule has 0 aromatic heterocycles. The van der Waals surface area contributed by atoms with Crippen LogP contribution in [0.1, 0.15) is 25.0 Å². The summed E-state index contributed by atoms with van der Waals surface area (Å²) in [4.78, 5) is 12.3. The second-order valence-electron chi connectivity index (χ2n) is 6.32. The summed E-state index contributed by atoms with van der Waals surface area (Å²) in [6, 6.07) is 10.4. The minimum absolute atomic E-state index is 0.145. The maximum Gasteiger partial charge on any atom is 0.272 e. The largest absolute Gasteiger partial charge is 0.372 e. The van der Waals surface area contributed by atoms with Gasteiger partial charge in [-0.2, -0.15) is 10.5 Å². The maximum atomic E-state index is 11.8. The third kappa shape index (κ3) is 5.74. The molecule has 31 heavy (non-hydrogen) atoms. The highest BCUT2D eigenvalue weighted by molar-refractivity contribution is 7.92. The van der Waals surface area contributed by atoms with Crippen molar-refractivity contribution in [2.75, 3.05) is 29.0 Å². The van der Waals surface area contributed by atoms with Crippen LogP contribution in [0.3, 0.4) is 0 Å². The molecule has 0 unspecified atom stereocenters. The van der Waals surface area contributed by atoms with E-state index in [4.69, 9.17) is 0 Å². The molecular formula is C19H19N7O4S. The van der Waals surface area contributed by atoms with E-state index in [1.165, 1.54) is 0 Å². The van der Waals surface area contributed by atoms with Crippen molar-refractivity contribution < 1.29 is 13.3 Å². The number of anilines is 2. The van der Waals surface area contributed by atoms with Crippen molar-refractivity contribution in [1.29, 1.82) is 10.5 Å². The molecule has 0 heterocycles. The first-order valence-corrected chi connectivity index (χ1v) is 10.9. The lowest BCUT2D eigenvalue weighted by Crippen LogP contribution is -2.22. The van der Waals surface area contributed by atoms with E-state index in [9.17, 15) is 29.1 Å². The Kier molecular flexibility index (Phi) is 7.24. The maximum absolute atomic E-state index is 11.8. The van der Waals surface area contributed by atoms with Crippen molar-refractivity contribution >= 4 is 38.5 Å². The Bertz CT molecular complexity index is 1190. The second kappa shape index (κ2) is 9.65. The molecule has 0 radical (unpaired) electrons. The highest BCUT2D eigenvalue weighted by atomic mass is 32.2. The molecule has 2 rings (SSSR count). The third-order valence-corrected chi connectivity index (χ3v) is 4.80. The molecule has 0 aliphatic rings. The number of non-ortho nitro benzene ring substituents is 1. The molecular weight excluding hydrogens is 422 g/mol. The van der Waals surface area contributed by atoms with Gasteiger partial charge in [0.05, 0.1) is 28.0 Å². The van der Waals surface area contributed by atoms with Crippen LogP contribution in [0.4, 0.5) is 28.4 Å². The Morgan fingerprint density at radius 1 is 1.10 bits per heavy atom. The van der Waals surface area contributed by atoms with Crippen molar-refractivity contribution in [3.63, 3.8) is 0 Å². The fourth-order valence-corrected chi connectivity index (χ4v) is 3.35. The molecule has 2 aromatic rings. The lowest BCUT2D eigenvalue weighted by Gasteiger charge is -2.22. The number of nitro benzene ring substituents is 1. The van der Waals surface area contributed by atoms with Crippen LogP contribution in [0.25, 0.3) is 0 Å². The molecule has 0 saturated carbocycles. The standard InChI is InChI=1S/C19H19N7O4S/c1-4-25(5-2)15-6-7-17(18(10-15)24-31(3,29)30)22-23-19-13(11-20)8-16(26(27)28)9-14(19)12-21/h6-10,24H,4-5H2,1-3H3. The molecule has 12 heteroatoms. The molecule has 11 nitrogen and oxygen atoms in total. The lowest BCUT2D eigenvalue weighted by atomic mass is 10.1. The van der Waals surface area contributed by atoms with E-state index in [0.717, 1.165) is 24.1 Å². The summed E-state index contributed by atoms with van der Waals surface area (Å²) in [5.74, 6) is 0. The first-order chi connectivity index (χ1) is 14.6. The van der Waals surface area contributed by atoms with Crippen LogP contribution in [0, 0.1) is 32.8 Å². The van der Waals surface area contributed by atoms with Crippen LogP contribution in [0.15, 0.2) is 40.6 Å². The molecule has 0 bridgehead atoms. The van der Waals surface area contributed by atoms with Gasteiger partial charge in [0.15, 0.2) is 0 Å². The van der Waals surface area contributed by atoms with E-state index in [2.05, 4.69) is 15.0 Å². The van der Waals surface area contributed by atoms with Gasteiger partial charge < -0.3 is 4.90 Å². The number of nitro groups is 1. The number of nitrogens with one attached hydrogen (secondary N) is 1. The number of rotatable bonds is 8. The summed E-state index contributed by atoms with van der Waals surface area (Å²) in [5.41, 5.74) is 0.102. The summed E-state index contributed by atoms with van der Waals surface area (Å²) in [6.45, 7) is 5.33. The summed E-state index contributed by atoms with van der Waals surface area (Å²) < 4.78 is 26.0. The van der Waals surface area contributed by atoms with Crippen molar-refractivity contribution in [2.45, 2.75) is 13.8 Å². The minimum Gasteiger partial charge on any atom is -0.372 e. The van der Waals surface area contributed by atoms with Crippen molar-refractivity contribution in [3.8, 4) is 12.1 Å². The van der Waals surface area contributed by atoms with Crippen molar-refractivity contribution in [2.24, 2.45) is 10.2 Å². The Hall–Kier alpha value is -4.03. The average Bonchev–Trinajstić information content (AvgIpc) is 2.72. The SMILES string of the molecule is CCN(CC)c1ccc(N=Nc2c(C#N)cc([N+](=O)[O-])cc2C#N)c(NS(C)(=O)=O)c1. The van der Waals surface area contributed by atoms with Gasteiger partial charge in [0, 0.05) is 30.9 Å². The molecule has 0 aliphatic carbocycles. The topological polar surface area (TPSA) is 165 Å². The van der Waals surface area contributed by atoms with Gasteiger partial charge in [-0.05, 0) is 32.0 Å². The van der Waals surface area contributed by atoms with Gasteiger partial charge in [-0.15, -0.1) is 10.2 Å². The lowest BCUT2D eigenvalue weighted by molar-refractivity contribution is -0.384. The Morgan fingerprint density at radius 2 is 1.68 bits per heavy atom. The number of nitrogens with zero attached hydrogens (tertiary/aromatic N) is 6. The van der Waals surface area contributed by atoms with Crippen LogP contribution in [-0.2, 0) is 10.0 Å². The third-order valence-electron chi connectivity index (χ3n) is 4.21. The number of hydrogen-bond acceptors (Lipinski definition) is 9. The van der Waals surface area contributed by atoms with Crippen LogP contribution >= 0.6 is 0 Å². The van der Waals surface area contributed by atoms with E-state index >= 15 is 0 Å². The van der Waals surface area contributed by atoms with Gasteiger partial charge in [0.1, 0.15) is 23.5 Å². The normalized spacial score (nSPS) is 11.0. The molecule has 0 atom stereocenters. The van der Waals surface area contributed by atoms with E-state index in [1.807, 2.05) is 18.7 Å². The fraction of sp³-hybridized carbons (Fsp3) is 0.263. The smallest absolute Gasteiger partial charge is 0.272 e. The predicted octanol–water partition coefficient (Wildman–Crippen LogP) is 3.97. The van der Waals surface area contributed by atoms with Gasteiger partial charge in [0.2, 0.25) is 10.0 Å². The molecule has 0 fully saturated rings. The van der Waals surface area contributed by atoms with Crippen molar-refractivity contribution in [3.05, 3.63) is 51.6 Å². The highest BCUT2D eigenvalue weighted by Crippen LogP contribution is 2.34. The van der Waals surface area contributed by atoms with E-state index in [-0.39, 0.29) is 28.2 Å². The van der Waals surface area contributed by atoms with Crippen LogP contribution < -0.4 is 9.62 Å². The zero-order valence-corrected chi connectivity index (χ0v) is 17.8. The number of nitriles is 2. The van der Waals surface area contributed by atoms with Crippen LogP contribution in [0.2, 0.25) is 0 Å². The van der Waals surface area contributed by atoms with E-state index < -0.39 is 20.6 Å². The summed E-state index contributed by atoms with van der Waals surface area (Å²) >= 11 is 0. The fourth-order valence-electron chi connectivity index (χ4n) is 2.78.